The number of nitrogen functional groups attached to an aromatic ring is 1. The van der Waals surface area contributed by atoms with Crippen LogP contribution in [-0.4, -0.2) is 37.4 Å². The number of nitrogens with zero attached hydrogens (tertiary/aromatic N) is 1. The van der Waals surface area contributed by atoms with Crippen LogP contribution in [0.5, 0.6) is 5.75 Å². The summed E-state index contributed by atoms with van der Waals surface area (Å²) >= 11 is 1.61. The molecule has 0 aliphatic carbocycles. The fourth-order valence-electron chi connectivity index (χ4n) is 1.36. The van der Waals surface area contributed by atoms with Gasteiger partial charge < -0.3 is 15.4 Å². The van der Waals surface area contributed by atoms with Crippen LogP contribution in [0.1, 0.15) is 13.8 Å². The molecule has 0 unspecified atom stereocenters. The van der Waals surface area contributed by atoms with Crippen molar-refractivity contribution in [2.45, 2.75) is 24.8 Å². The Morgan fingerprint density at radius 1 is 1.39 bits per heavy atom. The number of hydrogen-bond acceptors (Lipinski definition) is 4. The van der Waals surface area contributed by atoms with Gasteiger partial charge in [-0.2, -0.15) is 0 Å². The first-order chi connectivity index (χ1) is 8.40. The molecule has 1 rings (SSSR count). The molecule has 0 saturated heterocycles. The summed E-state index contributed by atoms with van der Waals surface area (Å²) in [5.41, 5.74) is 6.27. The van der Waals surface area contributed by atoms with E-state index in [2.05, 4.69) is 4.90 Å². The van der Waals surface area contributed by atoms with Crippen molar-refractivity contribution in [3.05, 3.63) is 17.9 Å². The Bertz CT molecular complexity index is 397. The number of ether oxygens (including phenoxy) is 1. The number of benzene rings is 1. The van der Waals surface area contributed by atoms with Crippen molar-refractivity contribution in [3.8, 4) is 5.75 Å². The van der Waals surface area contributed by atoms with Crippen LogP contribution in [0.25, 0.3) is 0 Å². The molecule has 0 aliphatic rings. The molecule has 0 saturated carbocycles. The predicted octanol–water partition coefficient (Wildman–Crippen LogP) is 2.85. The lowest BCUT2D eigenvalue weighted by Gasteiger charge is -2.14. The van der Waals surface area contributed by atoms with Crippen molar-refractivity contribution in [2.24, 2.45) is 0 Å². The van der Waals surface area contributed by atoms with E-state index in [4.69, 9.17) is 10.5 Å². The fourth-order valence-corrected chi connectivity index (χ4v) is 2.45. The van der Waals surface area contributed by atoms with E-state index in [0.29, 0.717) is 5.69 Å². The Balaban J connectivity index is 2.77. The van der Waals surface area contributed by atoms with E-state index in [9.17, 15) is 4.39 Å². The van der Waals surface area contributed by atoms with Crippen LogP contribution in [0.3, 0.4) is 0 Å². The third-order valence-corrected chi connectivity index (χ3v) is 3.27. The summed E-state index contributed by atoms with van der Waals surface area (Å²) in [7, 11) is 4.03. The minimum Gasteiger partial charge on any atom is -0.488 e. The van der Waals surface area contributed by atoms with Gasteiger partial charge in [0.15, 0.2) is 11.6 Å². The van der Waals surface area contributed by atoms with Gasteiger partial charge in [-0.15, -0.1) is 11.8 Å². The molecule has 0 bridgehead atoms. The van der Waals surface area contributed by atoms with Crippen molar-refractivity contribution >= 4 is 17.4 Å². The van der Waals surface area contributed by atoms with Crippen LogP contribution in [0.4, 0.5) is 10.1 Å². The van der Waals surface area contributed by atoms with Gasteiger partial charge in [-0.25, -0.2) is 4.39 Å². The highest BCUT2D eigenvalue weighted by atomic mass is 32.2. The van der Waals surface area contributed by atoms with Crippen LogP contribution < -0.4 is 10.5 Å². The summed E-state index contributed by atoms with van der Waals surface area (Å²) in [4.78, 5) is 2.96. The molecule has 5 heteroatoms. The molecular formula is C13H21FN2OS. The Kier molecular flexibility index (Phi) is 5.75. The quantitative estimate of drug-likeness (QED) is 0.638. The van der Waals surface area contributed by atoms with Gasteiger partial charge in [0.05, 0.1) is 6.10 Å². The maximum Gasteiger partial charge on any atom is 0.167 e. The van der Waals surface area contributed by atoms with Crippen molar-refractivity contribution in [1.82, 2.24) is 4.90 Å². The van der Waals surface area contributed by atoms with Crippen molar-refractivity contribution in [2.75, 3.05) is 32.1 Å². The monoisotopic (exact) mass is 272 g/mol. The van der Waals surface area contributed by atoms with Gasteiger partial charge >= 0.3 is 0 Å². The van der Waals surface area contributed by atoms with Crippen LogP contribution in [0.2, 0.25) is 0 Å². The zero-order valence-electron chi connectivity index (χ0n) is 11.4. The molecule has 1 aromatic carbocycles. The molecule has 0 radical (unpaired) electrons. The Hall–Kier alpha value is -0.940. The van der Waals surface area contributed by atoms with Crippen molar-refractivity contribution < 1.29 is 9.13 Å². The van der Waals surface area contributed by atoms with E-state index in [1.54, 1.807) is 17.8 Å². The molecule has 0 heterocycles. The van der Waals surface area contributed by atoms with Crippen LogP contribution >= 0.6 is 11.8 Å². The smallest absolute Gasteiger partial charge is 0.167 e. The van der Waals surface area contributed by atoms with Crippen LogP contribution in [0.15, 0.2) is 17.0 Å². The normalized spacial score (nSPS) is 11.3. The molecule has 2 N–H and O–H groups in total. The molecular weight excluding hydrogens is 251 g/mol. The van der Waals surface area contributed by atoms with Crippen molar-refractivity contribution in [1.29, 1.82) is 0 Å². The predicted molar refractivity (Wildman–Crippen MR) is 75.9 cm³/mol. The Labute approximate surface area is 112 Å². The van der Waals surface area contributed by atoms with Gasteiger partial charge in [0.2, 0.25) is 0 Å². The molecule has 18 heavy (non-hydrogen) atoms. The Morgan fingerprint density at radius 2 is 2.06 bits per heavy atom. The number of hydrogen-bond donors (Lipinski definition) is 1. The van der Waals surface area contributed by atoms with E-state index < -0.39 is 5.82 Å². The summed E-state index contributed by atoms with van der Waals surface area (Å²) in [6, 6.07) is 3.01. The zero-order chi connectivity index (χ0) is 13.7. The molecule has 0 aliphatic heterocycles. The lowest BCUT2D eigenvalue weighted by Crippen LogP contribution is -2.14. The van der Waals surface area contributed by atoms with E-state index in [-0.39, 0.29) is 11.9 Å². The van der Waals surface area contributed by atoms with Crippen LogP contribution in [0, 0.1) is 5.82 Å². The first kappa shape index (κ1) is 15.1. The van der Waals surface area contributed by atoms with Crippen molar-refractivity contribution in [3.63, 3.8) is 0 Å². The SMILES string of the molecule is CC(C)Oc1cc(SCCN(C)C)c(N)cc1F. The summed E-state index contributed by atoms with van der Waals surface area (Å²) in [5.74, 6) is 0.772. The summed E-state index contributed by atoms with van der Waals surface area (Å²) in [6.45, 7) is 4.69. The third kappa shape index (κ3) is 4.74. The largest absolute Gasteiger partial charge is 0.488 e. The van der Waals surface area contributed by atoms with E-state index >= 15 is 0 Å². The molecule has 3 nitrogen and oxygen atoms in total. The zero-order valence-corrected chi connectivity index (χ0v) is 12.2. The number of anilines is 1. The molecule has 0 spiro atoms. The third-order valence-electron chi connectivity index (χ3n) is 2.22. The second-order valence-electron chi connectivity index (χ2n) is 4.64. The molecule has 1 aromatic rings. The van der Waals surface area contributed by atoms with Gasteiger partial charge in [0, 0.05) is 28.9 Å². The molecule has 0 atom stereocenters. The average molecular weight is 272 g/mol. The standard InChI is InChI=1S/C13H21FN2OS/c1-9(2)17-12-8-13(11(15)7-10(12)14)18-6-5-16(3)4/h7-9H,5-6,15H2,1-4H3. The number of nitrogens with two attached hydrogens (primary N) is 1. The molecule has 0 amide bonds. The first-order valence-electron chi connectivity index (χ1n) is 5.93. The van der Waals surface area contributed by atoms with Gasteiger partial charge in [-0.05, 0) is 34.0 Å². The number of rotatable bonds is 6. The first-order valence-corrected chi connectivity index (χ1v) is 6.92. The topological polar surface area (TPSA) is 38.5 Å². The maximum absolute atomic E-state index is 13.6. The average Bonchev–Trinajstić information content (AvgIpc) is 2.23. The summed E-state index contributed by atoms with van der Waals surface area (Å²) in [6.07, 6.45) is -0.0530. The highest BCUT2D eigenvalue weighted by molar-refractivity contribution is 7.99. The summed E-state index contributed by atoms with van der Waals surface area (Å²) < 4.78 is 19.0. The number of thioether (sulfide) groups is 1. The van der Waals surface area contributed by atoms with E-state index in [1.165, 1.54) is 6.07 Å². The Morgan fingerprint density at radius 3 is 2.61 bits per heavy atom. The lowest BCUT2D eigenvalue weighted by atomic mass is 10.3. The fraction of sp³-hybridized carbons (Fsp3) is 0.538. The highest BCUT2D eigenvalue weighted by Crippen LogP contribution is 2.32. The highest BCUT2D eigenvalue weighted by Gasteiger charge is 2.11. The van der Waals surface area contributed by atoms with E-state index in [0.717, 1.165) is 17.2 Å². The minimum atomic E-state index is -0.404. The van der Waals surface area contributed by atoms with Gasteiger partial charge in [-0.3, -0.25) is 0 Å². The van der Waals surface area contributed by atoms with E-state index in [1.807, 2.05) is 27.9 Å². The molecule has 0 fully saturated rings. The van der Waals surface area contributed by atoms with Gasteiger partial charge in [0.1, 0.15) is 0 Å². The number of halogens is 1. The lowest BCUT2D eigenvalue weighted by molar-refractivity contribution is 0.230. The summed E-state index contributed by atoms with van der Waals surface area (Å²) in [5, 5.41) is 0. The second kappa shape index (κ2) is 6.85. The molecule has 0 aromatic heterocycles. The van der Waals surface area contributed by atoms with Gasteiger partial charge in [-0.1, -0.05) is 0 Å². The second-order valence-corrected chi connectivity index (χ2v) is 5.78. The molecule has 102 valence electrons. The maximum atomic E-state index is 13.6. The minimum absolute atomic E-state index is 0.0530. The van der Waals surface area contributed by atoms with Gasteiger partial charge in [0.25, 0.3) is 0 Å². The van der Waals surface area contributed by atoms with Crippen LogP contribution in [-0.2, 0) is 0 Å².